The molecular weight excluding hydrogens is 224 g/mol. The summed E-state index contributed by atoms with van der Waals surface area (Å²) in [6, 6.07) is 0. The summed E-state index contributed by atoms with van der Waals surface area (Å²) in [6.45, 7) is 11.4. The van der Waals surface area contributed by atoms with Crippen LogP contribution in [-0.2, 0) is 4.79 Å². The third kappa shape index (κ3) is 5.38. The van der Waals surface area contributed by atoms with Gasteiger partial charge in [0.1, 0.15) is 0 Å². The Labute approximate surface area is 113 Å². The third-order valence-electron chi connectivity index (χ3n) is 3.76. The van der Waals surface area contributed by atoms with Gasteiger partial charge in [0, 0.05) is 32.1 Å². The number of hydrogen-bond acceptors (Lipinski definition) is 2. The quantitative estimate of drug-likeness (QED) is 0.652. The summed E-state index contributed by atoms with van der Waals surface area (Å²) < 4.78 is 0. The number of piperazine rings is 1. The lowest BCUT2D eigenvalue weighted by Gasteiger charge is -2.35. The molecule has 0 aromatic heterocycles. The van der Waals surface area contributed by atoms with Crippen LogP contribution < -0.4 is 0 Å². The summed E-state index contributed by atoms with van der Waals surface area (Å²) in [6.07, 6.45) is 6.74. The second-order valence-electron chi connectivity index (χ2n) is 5.74. The van der Waals surface area contributed by atoms with Crippen LogP contribution in [0.25, 0.3) is 0 Å². The highest BCUT2D eigenvalue weighted by molar-refractivity contribution is 5.78. The standard InChI is InChI=1S/C15H30N2O/c1-4-5-6-7-8-9-16-10-12-17(13-11-16)15(18)14(2)3/h14H,4-13H2,1-3H3. The highest BCUT2D eigenvalue weighted by Crippen LogP contribution is 2.09. The van der Waals surface area contributed by atoms with Crippen molar-refractivity contribution in [3.05, 3.63) is 0 Å². The van der Waals surface area contributed by atoms with E-state index in [1.807, 2.05) is 18.7 Å². The molecule has 0 atom stereocenters. The number of carbonyl (C=O) groups excluding carboxylic acids is 1. The largest absolute Gasteiger partial charge is 0.340 e. The Bertz CT molecular complexity index is 233. The molecule has 1 rings (SSSR count). The van der Waals surface area contributed by atoms with Gasteiger partial charge in [-0.3, -0.25) is 9.69 Å². The van der Waals surface area contributed by atoms with E-state index in [1.54, 1.807) is 0 Å². The van der Waals surface area contributed by atoms with Crippen LogP contribution in [0.5, 0.6) is 0 Å². The van der Waals surface area contributed by atoms with Gasteiger partial charge in [0.15, 0.2) is 0 Å². The summed E-state index contributed by atoms with van der Waals surface area (Å²) in [5.41, 5.74) is 0. The van der Waals surface area contributed by atoms with Crippen LogP contribution in [0.15, 0.2) is 0 Å². The Balaban J connectivity index is 2.10. The Morgan fingerprint density at radius 1 is 1.00 bits per heavy atom. The summed E-state index contributed by atoms with van der Waals surface area (Å²) in [7, 11) is 0. The maximum Gasteiger partial charge on any atom is 0.225 e. The minimum absolute atomic E-state index is 0.144. The van der Waals surface area contributed by atoms with Crippen molar-refractivity contribution in [3.63, 3.8) is 0 Å². The predicted molar refractivity (Wildman–Crippen MR) is 76.6 cm³/mol. The highest BCUT2D eigenvalue weighted by Gasteiger charge is 2.22. The molecular formula is C15H30N2O. The molecule has 18 heavy (non-hydrogen) atoms. The van der Waals surface area contributed by atoms with Gasteiger partial charge in [-0.25, -0.2) is 0 Å². The summed E-state index contributed by atoms with van der Waals surface area (Å²) in [4.78, 5) is 16.4. The van der Waals surface area contributed by atoms with Crippen molar-refractivity contribution in [2.24, 2.45) is 5.92 Å². The van der Waals surface area contributed by atoms with Gasteiger partial charge in [-0.15, -0.1) is 0 Å². The molecule has 0 unspecified atom stereocenters. The first-order valence-electron chi connectivity index (χ1n) is 7.66. The third-order valence-corrected chi connectivity index (χ3v) is 3.76. The van der Waals surface area contributed by atoms with Gasteiger partial charge in [0.2, 0.25) is 5.91 Å². The van der Waals surface area contributed by atoms with E-state index < -0.39 is 0 Å². The Morgan fingerprint density at radius 3 is 2.17 bits per heavy atom. The normalized spacial score (nSPS) is 17.4. The van der Waals surface area contributed by atoms with Gasteiger partial charge in [-0.1, -0.05) is 46.5 Å². The van der Waals surface area contributed by atoms with E-state index in [-0.39, 0.29) is 5.92 Å². The first kappa shape index (κ1) is 15.5. The zero-order chi connectivity index (χ0) is 13.4. The number of unbranched alkanes of at least 4 members (excludes halogenated alkanes) is 4. The van der Waals surface area contributed by atoms with Crippen LogP contribution in [-0.4, -0.2) is 48.4 Å². The molecule has 0 saturated carbocycles. The molecule has 0 aromatic rings. The van der Waals surface area contributed by atoms with Crippen LogP contribution in [0.4, 0.5) is 0 Å². The van der Waals surface area contributed by atoms with E-state index in [9.17, 15) is 4.79 Å². The molecule has 1 fully saturated rings. The fourth-order valence-corrected chi connectivity index (χ4v) is 2.50. The average Bonchev–Trinajstić information content (AvgIpc) is 2.38. The molecule has 0 aromatic carbocycles. The molecule has 1 amide bonds. The maximum absolute atomic E-state index is 11.8. The van der Waals surface area contributed by atoms with Crippen LogP contribution in [0.2, 0.25) is 0 Å². The lowest BCUT2D eigenvalue weighted by Crippen LogP contribution is -2.49. The Morgan fingerprint density at radius 2 is 1.61 bits per heavy atom. The summed E-state index contributed by atoms with van der Waals surface area (Å²) >= 11 is 0. The van der Waals surface area contributed by atoms with Crippen LogP contribution in [0.1, 0.15) is 52.9 Å². The molecule has 3 heteroatoms. The fourth-order valence-electron chi connectivity index (χ4n) is 2.50. The van der Waals surface area contributed by atoms with Gasteiger partial charge in [0.05, 0.1) is 0 Å². The molecule has 106 valence electrons. The second-order valence-corrected chi connectivity index (χ2v) is 5.74. The number of hydrogen-bond donors (Lipinski definition) is 0. The molecule has 0 aliphatic carbocycles. The number of rotatable bonds is 7. The van der Waals surface area contributed by atoms with Crippen molar-refractivity contribution in [3.8, 4) is 0 Å². The van der Waals surface area contributed by atoms with Crippen molar-refractivity contribution in [1.29, 1.82) is 0 Å². The van der Waals surface area contributed by atoms with Crippen LogP contribution >= 0.6 is 0 Å². The van der Waals surface area contributed by atoms with E-state index in [0.717, 1.165) is 26.2 Å². The number of nitrogens with zero attached hydrogens (tertiary/aromatic N) is 2. The molecule has 0 spiro atoms. The van der Waals surface area contributed by atoms with E-state index in [4.69, 9.17) is 0 Å². The van der Waals surface area contributed by atoms with Crippen LogP contribution in [0.3, 0.4) is 0 Å². The lowest BCUT2D eigenvalue weighted by atomic mass is 10.1. The predicted octanol–water partition coefficient (Wildman–Crippen LogP) is 2.76. The van der Waals surface area contributed by atoms with E-state index in [2.05, 4.69) is 11.8 Å². The Kier molecular flexibility index (Phi) is 7.33. The van der Waals surface area contributed by atoms with E-state index >= 15 is 0 Å². The summed E-state index contributed by atoms with van der Waals surface area (Å²) in [5.74, 6) is 0.461. The van der Waals surface area contributed by atoms with Gasteiger partial charge in [-0.05, 0) is 13.0 Å². The average molecular weight is 254 g/mol. The minimum Gasteiger partial charge on any atom is -0.340 e. The van der Waals surface area contributed by atoms with Gasteiger partial charge in [0.25, 0.3) is 0 Å². The van der Waals surface area contributed by atoms with Crippen molar-refractivity contribution < 1.29 is 4.79 Å². The number of carbonyl (C=O) groups is 1. The SMILES string of the molecule is CCCCCCCN1CCN(C(=O)C(C)C)CC1. The Hall–Kier alpha value is -0.570. The highest BCUT2D eigenvalue weighted by atomic mass is 16.2. The monoisotopic (exact) mass is 254 g/mol. The van der Waals surface area contributed by atoms with Crippen LogP contribution in [0, 0.1) is 5.92 Å². The first-order chi connectivity index (χ1) is 8.65. The van der Waals surface area contributed by atoms with E-state index in [0.29, 0.717) is 5.91 Å². The topological polar surface area (TPSA) is 23.6 Å². The first-order valence-corrected chi connectivity index (χ1v) is 7.66. The van der Waals surface area contributed by atoms with Crippen molar-refractivity contribution >= 4 is 5.91 Å². The fraction of sp³-hybridized carbons (Fsp3) is 0.933. The maximum atomic E-state index is 11.8. The zero-order valence-corrected chi connectivity index (χ0v) is 12.5. The smallest absolute Gasteiger partial charge is 0.225 e. The number of amides is 1. The van der Waals surface area contributed by atoms with Gasteiger partial charge >= 0.3 is 0 Å². The molecule has 0 bridgehead atoms. The molecule has 0 N–H and O–H groups in total. The molecule has 1 aliphatic heterocycles. The van der Waals surface area contributed by atoms with Crippen molar-refractivity contribution in [1.82, 2.24) is 9.80 Å². The molecule has 0 radical (unpaired) electrons. The van der Waals surface area contributed by atoms with Crippen molar-refractivity contribution in [2.45, 2.75) is 52.9 Å². The van der Waals surface area contributed by atoms with Gasteiger partial charge < -0.3 is 4.90 Å². The molecule has 1 heterocycles. The molecule has 1 aliphatic rings. The van der Waals surface area contributed by atoms with Crippen molar-refractivity contribution in [2.75, 3.05) is 32.7 Å². The van der Waals surface area contributed by atoms with E-state index in [1.165, 1.54) is 38.6 Å². The second kappa shape index (κ2) is 8.52. The summed E-state index contributed by atoms with van der Waals surface area (Å²) in [5, 5.41) is 0. The molecule has 1 saturated heterocycles. The van der Waals surface area contributed by atoms with Gasteiger partial charge in [-0.2, -0.15) is 0 Å². The molecule has 3 nitrogen and oxygen atoms in total. The minimum atomic E-state index is 0.144. The lowest BCUT2D eigenvalue weighted by molar-refractivity contribution is -0.136. The zero-order valence-electron chi connectivity index (χ0n) is 12.5.